The smallest absolute Gasteiger partial charge is 0.0266 e. The first-order valence-electron chi connectivity index (χ1n) is 11.6. The third-order valence-corrected chi connectivity index (χ3v) is 9.37. The Morgan fingerprint density at radius 1 is 0.833 bits per heavy atom. The van der Waals surface area contributed by atoms with Gasteiger partial charge >= 0.3 is 0 Å². The summed E-state index contributed by atoms with van der Waals surface area (Å²) in [5.41, 5.74) is 1.42. The lowest BCUT2D eigenvalue weighted by Crippen LogP contribution is -2.51. The summed E-state index contributed by atoms with van der Waals surface area (Å²) in [6, 6.07) is 0. The van der Waals surface area contributed by atoms with Crippen molar-refractivity contribution in [1.82, 2.24) is 0 Å². The molecule has 7 atom stereocenters. The third kappa shape index (κ3) is 2.88. The van der Waals surface area contributed by atoms with E-state index in [4.69, 9.17) is 0 Å². The number of rotatable bonds is 2. The largest absolute Gasteiger partial charge is 0.0683 e. The van der Waals surface area contributed by atoms with E-state index in [0.29, 0.717) is 10.8 Å². The minimum absolute atomic E-state index is 0.708. The predicted molar refractivity (Wildman–Crippen MR) is 106 cm³/mol. The van der Waals surface area contributed by atoms with Gasteiger partial charge in [0.15, 0.2) is 0 Å². The molecule has 0 heterocycles. The lowest BCUT2D eigenvalue weighted by molar-refractivity contribution is -0.106. The van der Waals surface area contributed by atoms with Crippen LogP contribution in [0.5, 0.6) is 0 Å². The van der Waals surface area contributed by atoms with E-state index < -0.39 is 0 Å². The highest BCUT2D eigenvalue weighted by Crippen LogP contribution is 2.67. The van der Waals surface area contributed by atoms with Crippen LogP contribution in [0.15, 0.2) is 0 Å². The van der Waals surface area contributed by atoms with Crippen LogP contribution in [-0.4, -0.2) is 0 Å². The van der Waals surface area contributed by atoms with Crippen molar-refractivity contribution < 1.29 is 0 Å². The second-order valence-electron chi connectivity index (χ2n) is 10.1. The van der Waals surface area contributed by atoms with E-state index in [1.807, 2.05) is 13.8 Å². The molecule has 0 heteroatoms. The van der Waals surface area contributed by atoms with Gasteiger partial charge in [0.2, 0.25) is 0 Å². The van der Waals surface area contributed by atoms with E-state index in [9.17, 15) is 0 Å². The minimum atomic E-state index is 0.708. The van der Waals surface area contributed by atoms with Gasteiger partial charge in [-0.05, 0) is 91.8 Å². The van der Waals surface area contributed by atoms with Crippen molar-refractivity contribution in [2.24, 2.45) is 40.4 Å². The van der Waals surface area contributed by atoms with Crippen LogP contribution >= 0.6 is 0 Å². The summed E-state index contributed by atoms with van der Waals surface area (Å²) in [7, 11) is 0. The molecule has 4 fully saturated rings. The molecule has 0 N–H and O–H groups in total. The van der Waals surface area contributed by atoms with Crippen LogP contribution in [0, 0.1) is 40.4 Å². The molecule has 0 aliphatic heterocycles. The van der Waals surface area contributed by atoms with Gasteiger partial charge in [-0.3, -0.25) is 0 Å². The second-order valence-corrected chi connectivity index (χ2v) is 10.1. The Balaban J connectivity index is 0.000000815. The van der Waals surface area contributed by atoms with Gasteiger partial charge in [-0.25, -0.2) is 0 Å². The van der Waals surface area contributed by atoms with Crippen molar-refractivity contribution in [3.63, 3.8) is 0 Å². The molecule has 0 nitrogen and oxygen atoms in total. The Morgan fingerprint density at radius 2 is 1.58 bits per heavy atom. The van der Waals surface area contributed by atoms with Crippen LogP contribution in [-0.2, 0) is 0 Å². The molecule has 0 amide bonds. The molecule has 0 aromatic carbocycles. The molecule has 0 aromatic rings. The van der Waals surface area contributed by atoms with Crippen LogP contribution in [0.25, 0.3) is 0 Å². The number of hydrogen-bond acceptors (Lipinski definition) is 0. The molecular weight excluding hydrogens is 288 g/mol. The van der Waals surface area contributed by atoms with Gasteiger partial charge in [0.05, 0.1) is 0 Å². The summed E-state index contributed by atoms with van der Waals surface area (Å²) in [6.45, 7) is 11.8. The van der Waals surface area contributed by atoms with E-state index in [2.05, 4.69) is 20.8 Å². The van der Waals surface area contributed by atoms with Gasteiger partial charge in [-0.15, -0.1) is 0 Å². The Labute approximate surface area is 152 Å². The van der Waals surface area contributed by atoms with Gasteiger partial charge in [-0.2, -0.15) is 0 Å². The minimum Gasteiger partial charge on any atom is -0.0683 e. The summed E-state index contributed by atoms with van der Waals surface area (Å²) in [4.78, 5) is 0. The Bertz CT molecular complexity index is 412. The zero-order valence-corrected chi connectivity index (χ0v) is 17.4. The lowest BCUT2D eigenvalue weighted by atomic mass is 9.45. The van der Waals surface area contributed by atoms with Gasteiger partial charge in [0.25, 0.3) is 0 Å². The van der Waals surface area contributed by atoms with Crippen molar-refractivity contribution in [2.45, 2.75) is 112 Å². The predicted octanol–water partition coefficient (Wildman–Crippen LogP) is 7.86. The van der Waals surface area contributed by atoms with E-state index in [1.165, 1.54) is 25.7 Å². The molecule has 24 heavy (non-hydrogen) atoms. The van der Waals surface area contributed by atoms with Crippen molar-refractivity contribution in [1.29, 1.82) is 0 Å². The summed E-state index contributed by atoms with van der Waals surface area (Å²) in [6.07, 6.45) is 18.5. The summed E-state index contributed by atoms with van der Waals surface area (Å²) >= 11 is 0. The highest BCUT2D eigenvalue weighted by Gasteiger charge is 2.58. The third-order valence-electron chi connectivity index (χ3n) is 9.37. The van der Waals surface area contributed by atoms with Crippen LogP contribution in [0.3, 0.4) is 0 Å². The first kappa shape index (κ1) is 18.8. The van der Waals surface area contributed by atoms with E-state index in [-0.39, 0.29) is 0 Å². The highest BCUT2D eigenvalue weighted by atomic mass is 14.6. The van der Waals surface area contributed by atoms with Crippen molar-refractivity contribution in [3.8, 4) is 0 Å². The van der Waals surface area contributed by atoms with Crippen molar-refractivity contribution in [3.05, 3.63) is 0 Å². The fourth-order valence-electron chi connectivity index (χ4n) is 8.01. The summed E-state index contributed by atoms with van der Waals surface area (Å²) in [5, 5.41) is 0. The fraction of sp³-hybridized carbons (Fsp3) is 1.00. The molecule has 4 rings (SSSR count). The maximum absolute atomic E-state index is 2.72. The molecule has 0 aromatic heterocycles. The molecule has 4 aliphatic carbocycles. The summed E-state index contributed by atoms with van der Waals surface area (Å²) < 4.78 is 0. The highest BCUT2D eigenvalue weighted by molar-refractivity contribution is 5.07. The fourth-order valence-corrected chi connectivity index (χ4v) is 8.01. The zero-order valence-electron chi connectivity index (χ0n) is 17.4. The van der Waals surface area contributed by atoms with Gasteiger partial charge < -0.3 is 0 Å². The van der Waals surface area contributed by atoms with Gasteiger partial charge in [0.1, 0.15) is 0 Å². The van der Waals surface area contributed by atoms with E-state index in [0.717, 1.165) is 29.6 Å². The number of hydrogen-bond donors (Lipinski definition) is 0. The van der Waals surface area contributed by atoms with Crippen molar-refractivity contribution >= 4 is 0 Å². The average molecular weight is 333 g/mol. The Morgan fingerprint density at radius 3 is 2.33 bits per heavy atom. The van der Waals surface area contributed by atoms with Gasteiger partial charge in [0, 0.05) is 0 Å². The normalized spacial score (nSPS) is 50.1. The number of fused-ring (bicyclic) bond motifs is 4. The molecule has 0 spiro atoms. The second kappa shape index (κ2) is 7.32. The molecular formula is C24H44. The molecule has 0 bridgehead atoms. The Hall–Kier alpha value is 0. The summed E-state index contributed by atoms with van der Waals surface area (Å²) in [5.74, 6) is 5.38. The molecule has 4 saturated carbocycles. The van der Waals surface area contributed by atoms with Crippen LogP contribution in [0.2, 0.25) is 0 Å². The van der Waals surface area contributed by atoms with Crippen LogP contribution < -0.4 is 0 Å². The monoisotopic (exact) mass is 332 g/mol. The molecule has 0 radical (unpaired) electrons. The standard InChI is InChI=1S/C22H38.C2H6/c1-4-7-17-11-12-19-14-16-9-10-18-8-5-6-13-21(18,2)20(16)15-22(17,19)3;1-2/h16-20H,4-15H2,1-3H3;1-2H3/t16?,17?,18?,19-,20?,21?,22?;/m1./s1. The molecule has 4 aliphatic rings. The first-order valence-corrected chi connectivity index (χ1v) is 11.6. The zero-order chi connectivity index (χ0) is 17.4. The molecule has 0 saturated heterocycles. The van der Waals surface area contributed by atoms with Crippen LogP contribution in [0.1, 0.15) is 112 Å². The molecule has 6 unspecified atom stereocenters. The van der Waals surface area contributed by atoms with E-state index in [1.54, 1.807) is 51.4 Å². The van der Waals surface area contributed by atoms with E-state index >= 15 is 0 Å². The quantitative estimate of drug-likeness (QED) is 0.482. The maximum Gasteiger partial charge on any atom is -0.0266 e. The SMILES string of the molecule is CC.CCCC1CC[C@@H]2CC3CCC4CCCCC4(C)C3CC12C. The molecule has 140 valence electrons. The van der Waals surface area contributed by atoms with Crippen LogP contribution in [0.4, 0.5) is 0 Å². The topological polar surface area (TPSA) is 0 Å². The van der Waals surface area contributed by atoms with Gasteiger partial charge in [-0.1, -0.05) is 60.3 Å². The first-order chi connectivity index (χ1) is 11.6. The average Bonchev–Trinajstić information content (AvgIpc) is 2.91. The Kier molecular flexibility index (Phi) is 5.73. The maximum atomic E-state index is 2.72. The van der Waals surface area contributed by atoms with Crippen molar-refractivity contribution in [2.75, 3.05) is 0 Å². The lowest BCUT2D eigenvalue weighted by Gasteiger charge is -2.60.